The third kappa shape index (κ3) is 2.76. The highest BCUT2D eigenvalue weighted by atomic mass is 16.5. The van der Waals surface area contributed by atoms with Gasteiger partial charge in [-0.15, -0.1) is 5.10 Å². The highest BCUT2D eigenvalue weighted by Gasteiger charge is 2.12. The molecule has 3 rings (SSSR count). The van der Waals surface area contributed by atoms with Crippen LogP contribution >= 0.6 is 0 Å². The molecule has 0 saturated carbocycles. The van der Waals surface area contributed by atoms with E-state index in [9.17, 15) is 10.2 Å². The Kier molecular flexibility index (Phi) is 3.76. The number of benzene rings is 2. The summed E-state index contributed by atoms with van der Waals surface area (Å²) in [7, 11) is 3.15. The van der Waals surface area contributed by atoms with Gasteiger partial charge in [-0.25, -0.2) is 4.68 Å². The molecule has 0 fully saturated rings. The van der Waals surface area contributed by atoms with E-state index in [-0.39, 0.29) is 11.5 Å². The normalized spacial score (nSPS) is 10.5. The summed E-state index contributed by atoms with van der Waals surface area (Å²) in [5.41, 5.74) is 1.90. The number of ether oxygens (including phenoxy) is 2. The second-order valence-corrected chi connectivity index (χ2v) is 4.79. The molecule has 7 nitrogen and oxygen atoms in total. The summed E-state index contributed by atoms with van der Waals surface area (Å²) in [6.07, 6.45) is 1.70. The van der Waals surface area contributed by atoms with E-state index in [1.54, 1.807) is 43.3 Å². The number of phenols is 2. The minimum Gasteiger partial charge on any atom is -0.504 e. The largest absolute Gasteiger partial charge is 0.504 e. The average molecular weight is 313 g/mol. The maximum atomic E-state index is 9.59. The fourth-order valence-corrected chi connectivity index (χ4v) is 2.17. The Morgan fingerprint density at radius 1 is 0.957 bits per heavy atom. The van der Waals surface area contributed by atoms with Crippen LogP contribution in [0.4, 0.5) is 0 Å². The van der Waals surface area contributed by atoms with Gasteiger partial charge in [0.15, 0.2) is 11.5 Å². The summed E-state index contributed by atoms with van der Waals surface area (Å²) in [5, 5.41) is 27.1. The number of methoxy groups -OCH3 is 2. The molecule has 23 heavy (non-hydrogen) atoms. The quantitative estimate of drug-likeness (QED) is 0.719. The second kappa shape index (κ2) is 5.88. The Bertz CT molecular complexity index is 845. The Morgan fingerprint density at radius 2 is 1.78 bits per heavy atom. The van der Waals surface area contributed by atoms with Crippen molar-refractivity contribution in [2.24, 2.45) is 0 Å². The Labute approximate surface area is 132 Å². The van der Waals surface area contributed by atoms with Crippen molar-refractivity contribution in [2.75, 3.05) is 14.2 Å². The molecule has 0 unspecified atom stereocenters. The summed E-state index contributed by atoms with van der Waals surface area (Å²) in [6, 6.07) is 9.83. The van der Waals surface area contributed by atoms with Gasteiger partial charge in [-0.1, -0.05) is 5.21 Å². The molecule has 0 spiro atoms. The third-order valence-electron chi connectivity index (χ3n) is 3.40. The lowest BCUT2D eigenvalue weighted by atomic mass is 10.1. The van der Waals surface area contributed by atoms with Crippen molar-refractivity contribution in [1.29, 1.82) is 0 Å². The van der Waals surface area contributed by atoms with Gasteiger partial charge < -0.3 is 19.7 Å². The second-order valence-electron chi connectivity index (χ2n) is 4.79. The van der Waals surface area contributed by atoms with Crippen LogP contribution in [0.25, 0.3) is 16.9 Å². The van der Waals surface area contributed by atoms with Gasteiger partial charge in [0.2, 0.25) is 0 Å². The number of aromatic hydroxyl groups is 2. The molecule has 118 valence electrons. The molecule has 3 aromatic rings. The topological polar surface area (TPSA) is 89.6 Å². The van der Waals surface area contributed by atoms with E-state index in [4.69, 9.17) is 9.47 Å². The minimum atomic E-state index is -0.209. The van der Waals surface area contributed by atoms with E-state index in [0.717, 1.165) is 0 Å². The van der Waals surface area contributed by atoms with E-state index in [2.05, 4.69) is 10.3 Å². The summed E-state index contributed by atoms with van der Waals surface area (Å²) in [5.74, 6) is 0.876. The number of nitrogens with zero attached hydrogens (tertiary/aromatic N) is 3. The molecular weight excluding hydrogens is 298 g/mol. The molecule has 0 aliphatic carbocycles. The zero-order chi connectivity index (χ0) is 16.4. The first-order chi connectivity index (χ1) is 11.1. The van der Waals surface area contributed by atoms with Gasteiger partial charge in [0.25, 0.3) is 0 Å². The molecule has 0 aliphatic heterocycles. The Morgan fingerprint density at radius 3 is 2.48 bits per heavy atom. The molecule has 0 bridgehead atoms. The molecule has 0 amide bonds. The first-order valence-electron chi connectivity index (χ1n) is 6.79. The van der Waals surface area contributed by atoms with Crippen LogP contribution in [0.1, 0.15) is 0 Å². The number of aromatic nitrogens is 3. The molecule has 2 N–H and O–H groups in total. The van der Waals surface area contributed by atoms with Gasteiger partial charge in [0.05, 0.1) is 20.4 Å². The summed E-state index contributed by atoms with van der Waals surface area (Å²) in [4.78, 5) is 0. The molecular formula is C16H15N3O4. The van der Waals surface area contributed by atoms with Crippen LogP contribution in [0.15, 0.2) is 42.6 Å². The number of hydrogen-bond acceptors (Lipinski definition) is 6. The van der Waals surface area contributed by atoms with Crippen molar-refractivity contribution in [2.45, 2.75) is 0 Å². The fraction of sp³-hybridized carbons (Fsp3) is 0.125. The summed E-state index contributed by atoms with van der Waals surface area (Å²) >= 11 is 0. The Balaban J connectivity index is 2.00. The first-order valence-corrected chi connectivity index (χ1v) is 6.79. The summed E-state index contributed by atoms with van der Waals surface area (Å²) in [6.45, 7) is 0. The zero-order valence-electron chi connectivity index (χ0n) is 12.6. The van der Waals surface area contributed by atoms with Crippen molar-refractivity contribution in [3.05, 3.63) is 42.6 Å². The fourth-order valence-electron chi connectivity index (χ4n) is 2.17. The van der Waals surface area contributed by atoms with Crippen LogP contribution in [-0.4, -0.2) is 39.4 Å². The van der Waals surface area contributed by atoms with Gasteiger partial charge in [0, 0.05) is 11.6 Å². The van der Waals surface area contributed by atoms with Crippen LogP contribution in [0.3, 0.4) is 0 Å². The number of phenolic OH excluding ortho intramolecular Hbond substituents is 2. The van der Waals surface area contributed by atoms with Crippen LogP contribution in [-0.2, 0) is 0 Å². The van der Waals surface area contributed by atoms with Crippen molar-refractivity contribution in [3.63, 3.8) is 0 Å². The number of hydrogen-bond donors (Lipinski definition) is 2. The van der Waals surface area contributed by atoms with Crippen LogP contribution in [0, 0.1) is 0 Å². The standard InChI is InChI=1S/C16H15N3O4/c1-22-11-4-5-13(16(8-11)23-2)19-9-12(17-18-19)10-3-6-14(20)15(21)7-10/h3-9,20-21H,1-2H3. The molecule has 0 saturated heterocycles. The Hall–Kier alpha value is -3.22. The molecule has 2 aromatic carbocycles. The van der Waals surface area contributed by atoms with Crippen molar-refractivity contribution in [1.82, 2.24) is 15.0 Å². The lowest BCUT2D eigenvalue weighted by molar-refractivity contribution is 0.392. The smallest absolute Gasteiger partial charge is 0.158 e. The van der Waals surface area contributed by atoms with Crippen molar-refractivity contribution in [3.8, 4) is 39.9 Å². The highest BCUT2D eigenvalue weighted by Crippen LogP contribution is 2.31. The van der Waals surface area contributed by atoms with Gasteiger partial charge in [-0.05, 0) is 30.3 Å². The van der Waals surface area contributed by atoms with Crippen molar-refractivity contribution < 1.29 is 19.7 Å². The molecule has 0 radical (unpaired) electrons. The molecule has 0 aliphatic rings. The van der Waals surface area contributed by atoms with Gasteiger partial charge in [-0.2, -0.15) is 0 Å². The molecule has 1 aromatic heterocycles. The maximum Gasteiger partial charge on any atom is 0.158 e. The number of rotatable bonds is 4. The third-order valence-corrected chi connectivity index (χ3v) is 3.40. The SMILES string of the molecule is COc1ccc(-n2cc(-c3ccc(O)c(O)c3)nn2)c(OC)c1. The van der Waals surface area contributed by atoms with Crippen LogP contribution in [0.5, 0.6) is 23.0 Å². The van der Waals surface area contributed by atoms with Crippen molar-refractivity contribution >= 4 is 0 Å². The van der Waals surface area contributed by atoms with E-state index >= 15 is 0 Å². The molecule has 7 heteroatoms. The van der Waals surface area contributed by atoms with E-state index in [1.165, 1.54) is 12.1 Å². The predicted octanol–water partition coefficient (Wildman–Crippen LogP) is 2.36. The molecule has 1 heterocycles. The summed E-state index contributed by atoms with van der Waals surface area (Å²) < 4.78 is 12.1. The highest BCUT2D eigenvalue weighted by molar-refractivity contribution is 5.63. The van der Waals surface area contributed by atoms with Gasteiger partial charge in [0.1, 0.15) is 22.9 Å². The minimum absolute atomic E-state index is 0.182. The van der Waals surface area contributed by atoms with Gasteiger partial charge >= 0.3 is 0 Å². The average Bonchev–Trinajstić information content (AvgIpc) is 3.06. The van der Waals surface area contributed by atoms with Gasteiger partial charge in [-0.3, -0.25) is 0 Å². The lowest BCUT2D eigenvalue weighted by Gasteiger charge is -2.09. The van der Waals surface area contributed by atoms with Crippen LogP contribution in [0.2, 0.25) is 0 Å². The lowest BCUT2D eigenvalue weighted by Crippen LogP contribution is -1.99. The predicted molar refractivity (Wildman–Crippen MR) is 83.2 cm³/mol. The molecule has 0 atom stereocenters. The van der Waals surface area contributed by atoms with E-state index in [0.29, 0.717) is 28.4 Å². The van der Waals surface area contributed by atoms with E-state index in [1.807, 2.05) is 6.07 Å². The van der Waals surface area contributed by atoms with Crippen LogP contribution < -0.4 is 9.47 Å². The van der Waals surface area contributed by atoms with E-state index < -0.39 is 0 Å². The zero-order valence-corrected chi connectivity index (χ0v) is 12.6. The first kappa shape index (κ1) is 14.7. The monoisotopic (exact) mass is 313 g/mol. The maximum absolute atomic E-state index is 9.59.